The molecule has 21 heavy (non-hydrogen) atoms. The van der Waals surface area contributed by atoms with Crippen molar-refractivity contribution in [1.29, 1.82) is 0 Å². The summed E-state index contributed by atoms with van der Waals surface area (Å²) in [6.07, 6.45) is 3.55. The fraction of sp³-hybridized carbons (Fsp3) is 0.118. The van der Waals surface area contributed by atoms with Crippen molar-refractivity contribution in [3.05, 3.63) is 78.3 Å². The van der Waals surface area contributed by atoms with E-state index in [0.717, 1.165) is 0 Å². The molecule has 1 N–H and O–H groups in total. The fourth-order valence-electron chi connectivity index (χ4n) is 2.44. The summed E-state index contributed by atoms with van der Waals surface area (Å²) in [5.74, 6) is -0.844. The quantitative estimate of drug-likeness (QED) is 0.920. The van der Waals surface area contributed by atoms with Gasteiger partial charge in [-0.15, -0.1) is 0 Å². The van der Waals surface area contributed by atoms with Crippen LogP contribution in [0.5, 0.6) is 0 Å². The summed E-state index contributed by atoms with van der Waals surface area (Å²) in [5, 5.41) is 10.8. The van der Waals surface area contributed by atoms with Crippen LogP contribution in [0.25, 0.3) is 0 Å². The largest absolute Gasteiger partial charge is 0.375 e. The molecule has 4 heteroatoms. The normalized spacial score (nSPS) is 21.6. The minimum Gasteiger partial charge on any atom is -0.375 e. The second-order valence-corrected chi connectivity index (χ2v) is 4.97. The van der Waals surface area contributed by atoms with E-state index in [4.69, 9.17) is 0 Å². The molecule has 3 nitrogen and oxygen atoms in total. The highest BCUT2D eigenvalue weighted by molar-refractivity contribution is 6.02. The molecule has 0 bridgehead atoms. The average Bonchev–Trinajstić information content (AvgIpc) is 2.51. The first-order chi connectivity index (χ1) is 10.1. The summed E-state index contributed by atoms with van der Waals surface area (Å²) in [6, 6.07) is 14.4. The van der Waals surface area contributed by atoms with E-state index in [9.17, 15) is 14.3 Å². The van der Waals surface area contributed by atoms with Crippen molar-refractivity contribution in [2.75, 3.05) is 4.90 Å². The van der Waals surface area contributed by atoms with Crippen LogP contribution in [0.2, 0.25) is 0 Å². The van der Waals surface area contributed by atoms with Gasteiger partial charge in [-0.25, -0.2) is 4.39 Å². The van der Waals surface area contributed by atoms with Gasteiger partial charge in [0.15, 0.2) is 5.60 Å². The lowest BCUT2D eigenvalue weighted by Crippen LogP contribution is -2.47. The fourth-order valence-corrected chi connectivity index (χ4v) is 2.44. The van der Waals surface area contributed by atoms with Gasteiger partial charge < -0.3 is 5.11 Å². The van der Waals surface area contributed by atoms with Crippen molar-refractivity contribution in [1.82, 2.24) is 0 Å². The Bertz CT molecular complexity index is 682. The first kappa shape index (κ1) is 13.5. The van der Waals surface area contributed by atoms with E-state index in [1.165, 1.54) is 29.2 Å². The second kappa shape index (κ2) is 5.14. The molecule has 1 aliphatic heterocycles. The zero-order chi connectivity index (χ0) is 14.9. The van der Waals surface area contributed by atoms with Gasteiger partial charge in [0.1, 0.15) is 5.82 Å². The molecule has 1 aliphatic rings. The van der Waals surface area contributed by atoms with E-state index in [1.54, 1.807) is 24.4 Å². The lowest BCUT2D eigenvalue weighted by Gasteiger charge is -2.34. The first-order valence-electron chi connectivity index (χ1n) is 6.65. The highest BCUT2D eigenvalue weighted by atomic mass is 19.1. The topological polar surface area (TPSA) is 40.5 Å². The Morgan fingerprint density at radius 3 is 2.38 bits per heavy atom. The van der Waals surface area contributed by atoms with Gasteiger partial charge >= 0.3 is 0 Å². The highest BCUT2D eigenvalue weighted by Crippen LogP contribution is 2.33. The third kappa shape index (κ3) is 2.34. The predicted molar refractivity (Wildman–Crippen MR) is 78.0 cm³/mol. The van der Waals surface area contributed by atoms with Gasteiger partial charge in [-0.2, -0.15) is 0 Å². The van der Waals surface area contributed by atoms with Crippen molar-refractivity contribution < 1.29 is 14.3 Å². The lowest BCUT2D eigenvalue weighted by atomic mass is 9.87. The van der Waals surface area contributed by atoms with E-state index >= 15 is 0 Å². The average molecular weight is 283 g/mol. The maximum Gasteiger partial charge on any atom is 0.267 e. The summed E-state index contributed by atoms with van der Waals surface area (Å²) in [5.41, 5.74) is -0.601. The molecule has 0 spiro atoms. The van der Waals surface area contributed by atoms with Gasteiger partial charge in [-0.05, 0) is 29.8 Å². The molecule has 1 heterocycles. The van der Waals surface area contributed by atoms with E-state index in [2.05, 4.69) is 0 Å². The third-order valence-corrected chi connectivity index (χ3v) is 3.60. The van der Waals surface area contributed by atoms with Crippen molar-refractivity contribution in [3.63, 3.8) is 0 Å². The maximum absolute atomic E-state index is 13.0. The zero-order valence-electron chi connectivity index (χ0n) is 11.2. The number of anilines is 1. The second-order valence-electron chi connectivity index (χ2n) is 4.97. The summed E-state index contributed by atoms with van der Waals surface area (Å²) < 4.78 is 13.0. The lowest BCUT2D eigenvalue weighted by molar-refractivity contribution is -0.137. The van der Waals surface area contributed by atoms with Crippen LogP contribution in [-0.2, 0) is 10.4 Å². The van der Waals surface area contributed by atoms with Crippen LogP contribution < -0.4 is 4.90 Å². The predicted octanol–water partition coefficient (Wildman–Crippen LogP) is 2.96. The van der Waals surface area contributed by atoms with Gasteiger partial charge in [0.25, 0.3) is 5.91 Å². The van der Waals surface area contributed by atoms with Gasteiger partial charge in [0.2, 0.25) is 0 Å². The van der Waals surface area contributed by atoms with Gasteiger partial charge in [0, 0.05) is 18.3 Å². The van der Waals surface area contributed by atoms with E-state index < -0.39 is 17.3 Å². The molecular formula is C17H14FNO2. The number of hydrogen-bond donors (Lipinski definition) is 1. The molecule has 1 unspecified atom stereocenters. The third-order valence-electron chi connectivity index (χ3n) is 3.60. The summed E-state index contributed by atoms with van der Waals surface area (Å²) in [7, 11) is 0. The molecule has 2 aromatic rings. The SMILES string of the molecule is O=C1N(c2ccccc2)C=CCC1(O)c1ccc(F)cc1. The number of hydrogen-bond acceptors (Lipinski definition) is 2. The van der Waals surface area contributed by atoms with Crippen LogP contribution in [0.3, 0.4) is 0 Å². The Hall–Kier alpha value is -2.46. The van der Waals surface area contributed by atoms with Crippen molar-refractivity contribution >= 4 is 11.6 Å². The number of halogens is 1. The molecule has 2 aromatic carbocycles. The minimum atomic E-state index is -1.67. The van der Waals surface area contributed by atoms with Crippen LogP contribution >= 0.6 is 0 Å². The molecule has 1 atom stereocenters. The number of nitrogens with zero attached hydrogens (tertiary/aromatic N) is 1. The summed E-state index contributed by atoms with van der Waals surface area (Å²) in [4.78, 5) is 14.1. The smallest absolute Gasteiger partial charge is 0.267 e. The minimum absolute atomic E-state index is 0.167. The van der Waals surface area contributed by atoms with Crippen molar-refractivity contribution in [2.24, 2.45) is 0 Å². The number of rotatable bonds is 2. The van der Waals surface area contributed by atoms with Crippen LogP contribution in [0, 0.1) is 5.82 Å². The highest BCUT2D eigenvalue weighted by Gasteiger charge is 2.42. The summed E-state index contributed by atoms with van der Waals surface area (Å²) in [6.45, 7) is 0. The first-order valence-corrected chi connectivity index (χ1v) is 6.65. The van der Waals surface area contributed by atoms with Crippen LogP contribution in [0.4, 0.5) is 10.1 Å². The Labute approximate surface area is 121 Å². The molecule has 106 valence electrons. The molecule has 0 radical (unpaired) electrons. The van der Waals surface area contributed by atoms with E-state index in [0.29, 0.717) is 11.3 Å². The van der Waals surface area contributed by atoms with Crippen LogP contribution in [-0.4, -0.2) is 11.0 Å². The monoisotopic (exact) mass is 283 g/mol. The summed E-state index contributed by atoms with van der Waals surface area (Å²) >= 11 is 0. The van der Waals surface area contributed by atoms with Crippen molar-refractivity contribution in [3.8, 4) is 0 Å². The van der Waals surface area contributed by atoms with Crippen LogP contribution in [0.1, 0.15) is 12.0 Å². The number of carbonyl (C=O) groups is 1. The molecule has 0 saturated heterocycles. The molecule has 0 aromatic heterocycles. The van der Waals surface area contributed by atoms with Gasteiger partial charge in [-0.1, -0.05) is 36.4 Å². The maximum atomic E-state index is 13.0. The number of para-hydroxylation sites is 1. The van der Waals surface area contributed by atoms with Crippen molar-refractivity contribution in [2.45, 2.75) is 12.0 Å². The standard InChI is InChI=1S/C17H14FNO2/c18-14-9-7-13(8-10-14)17(21)11-4-12-19(16(17)20)15-5-2-1-3-6-15/h1-10,12,21H,11H2. The van der Waals surface area contributed by atoms with E-state index in [-0.39, 0.29) is 6.42 Å². The number of benzene rings is 2. The Balaban J connectivity index is 2.00. The zero-order valence-corrected chi connectivity index (χ0v) is 11.2. The number of aliphatic hydroxyl groups is 1. The van der Waals surface area contributed by atoms with Gasteiger partial charge in [-0.3, -0.25) is 9.69 Å². The van der Waals surface area contributed by atoms with Gasteiger partial charge in [0.05, 0.1) is 0 Å². The van der Waals surface area contributed by atoms with E-state index in [1.807, 2.05) is 18.2 Å². The molecule has 3 rings (SSSR count). The number of amides is 1. The Kier molecular flexibility index (Phi) is 3.31. The molecule has 0 aliphatic carbocycles. The van der Waals surface area contributed by atoms with Crippen LogP contribution in [0.15, 0.2) is 66.9 Å². The molecule has 1 amide bonds. The molecule has 0 fully saturated rings. The molecule has 0 saturated carbocycles. The number of carbonyl (C=O) groups excluding carboxylic acids is 1. The Morgan fingerprint density at radius 2 is 1.71 bits per heavy atom. The molecular weight excluding hydrogens is 269 g/mol. The Morgan fingerprint density at radius 1 is 1.05 bits per heavy atom.